The van der Waals surface area contributed by atoms with E-state index in [1.54, 1.807) is 19.1 Å². The lowest BCUT2D eigenvalue weighted by atomic mass is 10.3. The molecule has 0 radical (unpaired) electrons. The third-order valence-electron chi connectivity index (χ3n) is 2.06. The van der Waals surface area contributed by atoms with Crippen molar-refractivity contribution in [3.8, 4) is 5.75 Å². The van der Waals surface area contributed by atoms with Gasteiger partial charge >= 0.3 is 0 Å². The third kappa shape index (κ3) is 1.59. The quantitative estimate of drug-likeness (QED) is 0.691. The molecule has 1 aromatic rings. The molecule has 1 N–H and O–H groups in total. The molecule has 0 saturated carbocycles. The van der Waals surface area contributed by atoms with Crippen molar-refractivity contribution in [1.82, 2.24) is 4.72 Å². The van der Waals surface area contributed by atoms with E-state index in [2.05, 4.69) is 22.7 Å². The summed E-state index contributed by atoms with van der Waals surface area (Å²) in [4.78, 5) is 3.39. The first kappa shape index (κ1) is 8.72. The molecule has 0 atom stereocenters. The van der Waals surface area contributed by atoms with Crippen LogP contribution >= 0.6 is 11.9 Å². The number of hydrogen-bond donors (Lipinski definition) is 1. The molecule has 4 heteroatoms. The number of hydrogen-bond acceptors (Lipinski definition) is 4. The first-order valence-corrected chi connectivity index (χ1v) is 4.92. The fourth-order valence-corrected chi connectivity index (χ4v) is 2.23. The van der Waals surface area contributed by atoms with Crippen LogP contribution in [0.15, 0.2) is 23.1 Å². The number of anilines is 1. The molecule has 1 aliphatic rings. The van der Waals surface area contributed by atoms with Gasteiger partial charge in [-0.1, -0.05) is 0 Å². The Balaban J connectivity index is 2.39. The third-order valence-corrected chi connectivity index (χ3v) is 2.88. The predicted molar refractivity (Wildman–Crippen MR) is 55.3 cm³/mol. The first-order valence-electron chi connectivity index (χ1n) is 4.10. The highest BCUT2D eigenvalue weighted by Gasteiger charge is 2.13. The maximum Gasteiger partial charge on any atom is 0.120 e. The number of benzene rings is 1. The van der Waals surface area contributed by atoms with Gasteiger partial charge in [-0.15, -0.1) is 0 Å². The van der Waals surface area contributed by atoms with Crippen molar-refractivity contribution >= 4 is 17.6 Å². The Bertz CT molecular complexity index is 316. The predicted octanol–water partition coefficient (Wildman–Crippen LogP) is 1.70. The highest BCUT2D eigenvalue weighted by Crippen LogP contribution is 2.33. The second kappa shape index (κ2) is 3.47. The van der Waals surface area contributed by atoms with E-state index in [0.29, 0.717) is 0 Å². The lowest BCUT2D eigenvalue weighted by Crippen LogP contribution is -2.30. The maximum absolute atomic E-state index is 5.16. The summed E-state index contributed by atoms with van der Waals surface area (Å²) < 4.78 is 8.38. The largest absolute Gasteiger partial charge is 0.497 e. The van der Waals surface area contributed by atoms with Crippen LogP contribution in [0.5, 0.6) is 5.75 Å². The average molecular weight is 196 g/mol. The molecular weight excluding hydrogens is 184 g/mol. The van der Waals surface area contributed by atoms with Crippen molar-refractivity contribution < 1.29 is 4.74 Å². The van der Waals surface area contributed by atoms with E-state index in [-0.39, 0.29) is 0 Å². The summed E-state index contributed by atoms with van der Waals surface area (Å²) in [6.45, 7) is 0.879. The van der Waals surface area contributed by atoms with Crippen molar-refractivity contribution in [3.05, 3.63) is 18.2 Å². The van der Waals surface area contributed by atoms with Gasteiger partial charge in [-0.05, 0) is 30.1 Å². The van der Waals surface area contributed by atoms with E-state index in [9.17, 15) is 0 Å². The van der Waals surface area contributed by atoms with Gasteiger partial charge in [0.1, 0.15) is 5.75 Å². The lowest BCUT2D eigenvalue weighted by molar-refractivity contribution is 0.413. The molecule has 0 amide bonds. The van der Waals surface area contributed by atoms with Crippen LogP contribution in [-0.4, -0.2) is 20.8 Å². The zero-order valence-electron chi connectivity index (χ0n) is 7.70. The van der Waals surface area contributed by atoms with Crippen molar-refractivity contribution in [2.45, 2.75) is 4.90 Å². The van der Waals surface area contributed by atoms with E-state index in [1.807, 2.05) is 12.1 Å². The summed E-state index contributed by atoms with van der Waals surface area (Å²) in [6, 6.07) is 6.12. The molecule has 0 bridgehead atoms. The van der Waals surface area contributed by atoms with Gasteiger partial charge in [0, 0.05) is 11.9 Å². The number of nitrogens with zero attached hydrogens (tertiary/aromatic N) is 1. The number of ether oxygens (including phenoxy) is 1. The minimum absolute atomic E-state index is 0.879. The molecule has 1 aromatic carbocycles. The van der Waals surface area contributed by atoms with Crippen LogP contribution in [0, 0.1) is 0 Å². The van der Waals surface area contributed by atoms with Crippen LogP contribution in [0.1, 0.15) is 0 Å². The van der Waals surface area contributed by atoms with Crippen molar-refractivity contribution in [2.75, 3.05) is 25.7 Å². The molecule has 0 aliphatic carbocycles. The molecule has 13 heavy (non-hydrogen) atoms. The second-order valence-corrected chi connectivity index (χ2v) is 3.87. The van der Waals surface area contributed by atoms with Crippen LogP contribution < -0.4 is 14.4 Å². The fraction of sp³-hybridized carbons (Fsp3) is 0.333. The van der Waals surface area contributed by atoms with E-state index >= 15 is 0 Å². The number of fused-ring (bicyclic) bond motifs is 1. The number of methoxy groups -OCH3 is 1. The molecular formula is C9H12N2OS. The van der Waals surface area contributed by atoms with E-state index in [0.717, 1.165) is 12.4 Å². The van der Waals surface area contributed by atoms with Gasteiger partial charge in [-0.3, -0.25) is 0 Å². The molecule has 2 rings (SSSR count). The molecule has 0 saturated heterocycles. The molecule has 3 nitrogen and oxygen atoms in total. The van der Waals surface area contributed by atoms with E-state index < -0.39 is 0 Å². The summed E-state index contributed by atoms with van der Waals surface area (Å²) in [5.74, 6) is 0.906. The van der Waals surface area contributed by atoms with Gasteiger partial charge in [0.2, 0.25) is 0 Å². The van der Waals surface area contributed by atoms with Crippen LogP contribution in [0.2, 0.25) is 0 Å². The highest BCUT2D eigenvalue weighted by atomic mass is 32.2. The standard InChI is InChI=1S/C9H12N2OS/c1-11-6-10-13-9-5-7(12-2)3-4-8(9)11/h3-5,10H,6H2,1-2H3. The van der Waals surface area contributed by atoms with Gasteiger partial charge in [0.05, 0.1) is 19.5 Å². The Hall–Kier alpha value is -0.870. The minimum atomic E-state index is 0.879. The maximum atomic E-state index is 5.16. The fourth-order valence-electron chi connectivity index (χ4n) is 1.31. The van der Waals surface area contributed by atoms with Crippen molar-refractivity contribution in [1.29, 1.82) is 0 Å². The Kier molecular flexibility index (Phi) is 2.33. The van der Waals surface area contributed by atoms with E-state index in [1.165, 1.54) is 10.6 Å². The Morgan fingerprint density at radius 3 is 3.15 bits per heavy atom. The molecule has 1 heterocycles. The summed E-state index contributed by atoms with van der Waals surface area (Å²) in [5, 5.41) is 0. The Labute approximate surface area is 82.2 Å². The summed E-state index contributed by atoms with van der Waals surface area (Å²) in [7, 11) is 3.75. The highest BCUT2D eigenvalue weighted by molar-refractivity contribution is 7.97. The molecule has 1 aliphatic heterocycles. The lowest BCUT2D eigenvalue weighted by Gasteiger charge is -2.27. The molecule has 0 fully saturated rings. The average Bonchev–Trinajstić information content (AvgIpc) is 2.18. The minimum Gasteiger partial charge on any atom is -0.497 e. The molecule has 70 valence electrons. The van der Waals surface area contributed by atoms with Gasteiger partial charge in [-0.25, -0.2) is 4.72 Å². The summed E-state index contributed by atoms with van der Waals surface area (Å²) >= 11 is 1.65. The SMILES string of the molecule is COc1ccc2c(c1)SNCN2C. The van der Waals surface area contributed by atoms with Gasteiger partial charge < -0.3 is 9.64 Å². The second-order valence-electron chi connectivity index (χ2n) is 2.94. The van der Waals surface area contributed by atoms with Gasteiger partial charge in [0.15, 0.2) is 0 Å². The van der Waals surface area contributed by atoms with Gasteiger partial charge in [0.25, 0.3) is 0 Å². The summed E-state index contributed by atoms with van der Waals surface area (Å²) in [5.41, 5.74) is 1.25. The topological polar surface area (TPSA) is 24.5 Å². The Morgan fingerprint density at radius 1 is 1.54 bits per heavy atom. The number of nitrogens with one attached hydrogen (secondary N) is 1. The van der Waals surface area contributed by atoms with Crippen LogP contribution in [0.3, 0.4) is 0 Å². The summed E-state index contributed by atoms with van der Waals surface area (Å²) in [6.07, 6.45) is 0. The van der Waals surface area contributed by atoms with Crippen LogP contribution in [0.4, 0.5) is 5.69 Å². The molecule has 0 aromatic heterocycles. The zero-order valence-corrected chi connectivity index (χ0v) is 8.52. The first-order chi connectivity index (χ1) is 6.31. The van der Waals surface area contributed by atoms with Crippen molar-refractivity contribution in [3.63, 3.8) is 0 Å². The van der Waals surface area contributed by atoms with Crippen molar-refractivity contribution in [2.24, 2.45) is 0 Å². The smallest absolute Gasteiger partial charge is 0.120 e. The van der Waals surface area contributed by atoms with Crippen LogP contribution in [0.25, 0.3) is 0 Å². The zero-order chi connectivity index (χ0) is 9.26. The van der Waals surface area contributed by atoms with Crippen LogP contribution in [-0.2, 0) is 0 Å². The van der Waals surface area contributed by atoms with E-state index in [4.69, 9.17) is 4.74 Å². The molecule has 0 unspecified atom stereocenters. The molecule has 0 spiro atoms. The monoisotopic (exact) mass is 196 g/mol. The van der Waals surface area contributed by atoms with Gasteiger partial charge in [-0.2, -0.15) is 0 Å². The number of rotatable bonds is 1. The Morgan fingerprint density at radius 2 is 2.38 bits per heavy atom. The normalized spacial score (nSPS) is 15.4.